The van der Waals surface area contributed by atoms with Gasteiger partial charge in [0.05, 0.1) is 11.3 Å². The van der Waals surface area contributed by atoms with Gasteiger partial charge in [-0.2, -0.15) is 0 Å². The molecule has 0 saturated carbocycles. The molecule has 5 nitrogen and oxygen atoms in total. The van der Waals surface area contributed by atoms with E-state index in [-0.39, 0.29) is 28.2 Å². The topological polar surface area (TPSA) is 79.5 Å². The van der Waals surface area contributed by atoms with Crippen molar-refractivity contribution in [3.8, 4) is 28.6 Å². The van der Waals surface area contributed by atoms with Crippen LogP contribution >= 0.6 is 0 Å². The fourth-order valence-electron chi connectivity index (χ4n) is 3.50. The highest BCUT2D eigenvalue weighted by molar-refractivity contribution is 6.15. The smallest absolute Gasteiger partial charge is 0.240 e. The molecule has 0 fully saturated rings. The van der Waals surface area contributed by atoms with E-state index in [4.69, 9.17) is 0 Å². The number of carbonyl (C=O) groups excluding carboxylic acids is 2. The third kappa shape index (κ3) is 3.48. The first kappa shape index (κ1) is 20.1. The van der Waals surface area contributed by atoms with E-state index in [9.17, 15) is 24.2 Å². The Morgan fingerprint density at radius 3 is 2.03 bits per heavy atom. The van der Waals surface area contributed by atoms with Crippen molar-refractivity contribution in [3.05, 3.63) is 101 Å². The van der Waals surface area contributed by atoms with Crippen LogP contribution in [0.4, 0.5) is 4.39 Å². The Bertz CT molecular complexity index is 1290. The Hall–Kier alpha value is -4.19. The van der Waals surface area contributed by atoms with Crippen LogP contribution in [0.5, 0.6) is 11.6 Å². The molecule has 0 aliphatic heterocycles. The summed E-state index contributed by atoms with van der Waals surface area (Å²) in [6.07, 6.45) is 0. The zero-order valence-corrected chi connectivity index (χ0v) is 16.5. The molecule has 0 radical (unpaired) electrons. The fourth-order valence-corrected chi connectivity index (χ4v) is 3.50. The number of ketones is 2. The number of benzene rings is 3. The van der Waals surface area contributed by atoms with Gasteiger partial charge in [-0.3, -0.25) is 14.2 Å². The van der Waals surface area contributed by atoms with E-state index in [0.29, 0.717) is 11.3 Å². The normalized spacial score (nSPS) is 10.8. The standard InChI is InChI=1S/C25H18FNO4/c1-15(28)16-11-13-18(14-12-16)27-22(19-9-5-6-10-20(19)26)21(24(30)25(27)31)23(29)17-7-3-2-4-8-17/h2-14,30-31H,1H3. The minimum atomic E-state index is -0.650. The zero-order chi connectivity index (χ0) is 22.1. The van der Waals surface area contributed by atoms with Crippen molar-refractivity contribution in [1.82, 2.24) is 4.57 Å². The summed E-state index contributed by atoms with van der Waals surface area (Å²) in [4.78, 5) is 24.9. The largest absolute Gasteiger partial charge is 0.503 e. The molecule has 4 aromatic rings. The summed E-state index contributed by atoms with van der Waals surface area (Å²) < 4.78 is 16.0. The molecule has 0 saturated heterocycles. The number of Topliss-reactive ketones (excluding diaryl/α,β-unsaturated/α-hetero) is 1. The third-order valence-corrected chi connectivity index (χ3v) is 5.04. The Labute approximate surface area is 177 Å². The highest BCUT2D eigenvalue weighted by Crippen LogP contribution is 2.44. The van der Waals surface area contributed by atoms with Crippen LogP contribution in [0, 0.1) is 5.82 Å². The highest BCUT2D eigenvalue weighted by Gasteiger charge is 2.30. The number of hydrogen-bond acceptors (Lipinski definition) is 4. The van der Waals surface area contributed by atoms with Crippen molar-refractivity contribution in [2.24, 2.45) is 0 Å². The van der Waals surface area contributed by atoms with Gasteiger partial charge in [-0.1, -0.05) is 42.5 Å². The van der Waals surface area contributed by atoms with Crippen LogP contribution in [-0.4, -0.2) is 26.3 Å². The van der Waals surface area contributed by atoms with Crippen LogP contribution in [0.25, 0.3) is 16.9 Å². The van der Waals surface area contributed by atoms with E-state index in [1.54, 1.807) is 60.7 Å². The maximum Gasteiger partial charge on any atom is 0.240 e. The first-order chi connectivity index (χ1) is 14.9. The van der Waals surface area contributed by atoms with Gasteiger partial charge in [0.2, 0.25) is 5.88 Å². The fraction of sp³-hybridized carbons (Fsp3) is 0.0400. The van der Waals surface area contributed by atoms with Gasteiger partial charge in [0, 0.05) is 22.4 Å². The summed E-state index contributed by atoms with van der Waals surface area (Å²) >= 11 is 0. The van der Waals surface area contributed by atoms with Gasteiger partial charge in [0.1, 0.15) is 5.82 Å². The molecule has 0 aliphatic rings. The number of aromatic nitrogens is 1. The molecule has 0 unspecified atom stereocenters. The lowest BCUT2D eigenvalue weighted by Crippen LogP contribution is -2.06. The van der Waals surface area contributed by atoms with E-state index in [1.165, 1.54) is 29.7 Å². The molecule has 0 bridgehead atoms. The molecular weight excluding hydrogens is 397 g/mol. The third-order valence-electron chi connectivity index (χ3n) is 5.04. The number of nitrogens with zero attached hydrogens (tertiary/aromatic N) is 1. The molecular formula is C25H18FNO4. The Morgan fingerprint density at radius 2 is 1.42 bits per heavy atom. The second-order valence-corrected chi connectivity index (χ2v) is 7.01. The van der Waals surface area contributed by atoms with Crippen molar-refractivity contribution in [2.75, 3.05) is 0 Å². The van der Waals surface area contributed by atoms with Gasteiger partial charge in [0.25, 0.3) is 0 Å². The average Bonchev–Trinajstić information content (AvgIpc) is 3.04. The summed E-state index contributed by atoms with van der Waals surface area (Å²) in [5.41, 5.74) is 0.908. The number of hydrogen-bond donors (Lipinski definition) is 2. The van der Waals surface area contributed by atoms with Gasteiger partial charge in [-0.15, -0.1) is 0 Å². The van der Waals surface area contributed by atoms with Crippen LogP contribution in [0.2, 0.25) is 0 Å². The van der Waals surface area contributed by atoms with Crippen molar-refractivity contribution >= 4 is 11.6 Å². The molecule has 0 aliphatic carbocycles. The maximum atomic E-state index is 14.8. The molecule has 4 rings (SSSR count). The maximum absolute atomic E-state index is 14.8. The predicted molar refractivity (Wildman–Crippen MR) is 114 cm³/mol. The predicted octanol–water partition coefficient (Wildman–Crippen LogP) is 5.13. The molecule has 6 heteroatoms. The minimum absolute atomic E-state index is 0.0116. The molecule has 31 heavy (non-hydrogen) atoms. The quantitative estimate of drug-likeness (QED) is 0.443. The van der Waals surface area contributed by atoms with Crippen molar-refractivity contribution < 1.29 is 24.2 Å². The Balaban J connectivity index is 2.03. The van der Waals surface area contributed by atoms with Crippen LogP contribution in [0.3, 0.4) is 0 Å². The molecule has 0 amide bonds. The first-order valence-electron chi connectivity index (χ1n) is 9.52. The van der Waals surface area contributed by atoms with Gasteiger partial charge in [-0.05, 0) is 43.3 Å². The molecule has 1 aromatic heterocycles. The van der Waals surface area contributed by atoms with E-state index in [0.717, 1.165) is 0 Å². The van der Waals surface area contributed by atoms with Gasteiger partial charge in [-0.25, -0.2) is 4.39 Å². The zero-order valence-electron chi connectivity index (χ0n) is 16.5. The van der Waals surface area contributed by atoms with Crippen molar-refractivity contribution in [3.63, 3.8) is 0 Å². The Morgan fingerprint density at radius 1 is 0.806 bits per heavy atom. The lowest BCUT2D eigenvalue weighted by atomic mass is 9.99. The van der Waals surface area contributed by atoms with Crippen LogP contribution in [0.1, 0.15) is 33.2 Å². The average molecular weight is 415 g/mol. The van der Waals surface area contributed by atoms with Gasteiger partial charge < -0.3 is 10.2 Å². The molecule has 0 atom stereocenters. The summed E-state index contributed by atoms with van der Waals surface area (Å²) in [6, 6.07) is 20.2. The minimum Gasteiger partial charge on any atom is -0.503 e. The van der Waals surface area contributed by atoms with E-state index >= 15 is 0 Å². The monoisotopic (exact) mass is 415 g/mol. The lowest BCUT2D eigenvalue weighted by molar-refractivity contribution is 0.101. The summed E-state index contributed by atoms with van der Waals surface area (Å²) in [6.45, 7) is 1.43. The van der Waals surface area contributed by atoms with E-state index < -0.39 is 23.2 Å². The second kappa shape index (κ2) is 7.91. The summed E-state index contributed by atoms with van der Waals surface area (Å²) in [5, 5.41) is 21.5. The molecule has 0 spiro atoms. The highest BCUT2D eigenvalue weighted by atomic mass is 19.1. The lowest BCUT2D eigenvalue weighted by Gasteiger charge is -2.13. The second-order valence-electron chi connectivity index (χ2n) is 7.01. The molecule has 1 heterocycles. The first-order valence-corrected chi connectivity index (χ1v) is 9.52. The van der Waals surface area contributed by atoms with E-state index in [2.05, 4.69) is 0 Å². The summed E-state index contributed by atoms with van der Waals surface area (Å²) in [5.74, 6) is -2.58. The van der Waals surface area contributed by atoms with Gasteiger partial charge in [0.15, 0.2) is 17.3 Å². The van der Waals surface area contributed by atoms with Crippen molar-refractivity contribution in [2.45, 2.75) is 6.92 Å². The number of halogens is 1. The Kier molecular flexibility index (Phi) is 5.13. The van der Waals surface area contributed by atoms with Crippen molar-refractivity contribution in [1.29, 1.82) is 0 Å². The van der Waals surface area contributed by atoms with Crippen LogP contribution < -0.4 is 0 Å². The number of aromatic hydroxyl groups is 2. The van der Waals surface area contributed by atoms with E-state index in [1.807, 2.05) is 0 Å². The molecule has 2 N–H and O–H groups in total. The number of carbonyl (C=O) groups is 2. The number of rotatable bonds is 5. The molecule has 154 valence electrons. The summed E-state index contributed by atoms with van der Waals surface area (Å²) in [7, 11) is 0. The SMILES string of the molecule is CC(=O)c1ccc(-n2c(O)c(O)c(C(=O)c3ccccc3)c2-c2ccccc2F)cc1. The molecule has 3 aromatic carbocycles. The van der Waals surface area contributed by atoms with Crippen LogP contribution in [0.15, 0.2) is 78.9 Å². The van der Waals surface area contributed by atoms with Gasteiger partial charge >= 0.3 is 0 Å². The van der Waals surface area contributed by atoms with Crippen LogP contribution in [-0.2, 0) is 0 Å².